The third-order valence-electron chi connectivity index (χ3n) is 4.33. The first-order valence-electron chi connectivity index (χ1n) is 7.62. The SMILES string of the molecule is c1cn(-c2cc(N[C@@H]3CCO[C@@]4(CCOC4)C3)ncn2)cn1. The summed E-state index contributed by atoms with van der Waals surface area (Å²) < 4.78 is 13.3. The van der Waals surface area contributed by atoms with E-state index in [4.69, 9.17) is 9.47 Å². The lowest BCUT2D eigenvalue weighted by Gasteiger charge is -2.37. The van der Waals surface area contributed by atoms with Crippen molar-refractivity contribution in [3.05, 3.63) is 31.1 Å². The second-order valence-electron chi connectivity index (χ2n) is 5.90. The quantitative estimate of drug-likeness (QED) is 0.924. The molecule has 0 unspecified atom stereocenters. The molecule has 2 atom stereocenters. The van der Waals surface area contributed by atoms with Crippen LogP contribution in [0.4, 0.5) is 5.82 Å². The minimum Gasteiger partial charge on any atom is -0.378 e. The van der Waals surface area contributed by atoms with Gasteiger partial charge < -0.3 is 14.8 Å². The molecule has 1 N–H and O–H groups in total. The Labute approximate surface area is 128 Å². The van der Waals surface area contributed by atoms with E-state index in [1.807, 2.05) is 16.8 Å². The van der Waals surface area contributed by atoms with E-state index in [0.29, 0.717) is 12.6 Å². The highest BCUT2D eigenvalue weighted by atomic mass is 16.6. The molecule has 2 saturated heterocycles. The fourth-order valence-electron chi connectivity index (χ4n) is 3.19. The summed E-state index contributed by atoms with van der Waals surface area (Å²) in [7, 11) is 0. The second kappa shape index (κ2) is 5.66. The molecule has 7 nitrogen and oxygen atoms in total. The van der Waals surface area contributed by atoms with Crippen molar-refractivity contribution in [1.29, 1.82) is 0 Å². The van der Waals surface area contributed by atoms with Crippen LogP contribution in [-0.4, -0.2) is 51.0 Å². The van der Waals surface area contributed by atoms with Gasteiger partial charge in [0, 0.05) is 44.1 Å². The van der Waals surface area contributed by atoms with E-state index in [9.17, 15) is 0 Å². The summed E-state index contributed by atoms with van der Waals surface area (Å²) in [6, 6.07) is 2.29. The second-order valence-corrected chi connectivity index (χ2v) is 5.90. The Morgan fingerprint density at radius 1 is 1.32 bits per heavy atom. The third kappa shape index (κ3) is 2.69. The number of aromatic nitrogens is 4. The summed E-state index contributed by atoms with van der Waals surface area (Å²) in [4.78, 5) is 12.6. The van der Waals surface area contributed by atoms with Crippen LogP contribution in [0.15, 0.2) is 31.1 Å². The van der Waals surface area contributed by atoms with E-state index in [-0.39, 0.29) is 5.60 Å². The molecule has 22 heavy (non-hydrogen) atoms. The molecule has 0 aliphatic carbocycles. The van der Waals surface area contributed by atoms with E-state index >= 15 is 0 Å². The average Bonchev–Trinajstić information content (AvgIpc) is 3.20. The Morgan fingerprint density at radius 2 is 2.32 bits per heavy atom. The summed E-state index contributed by atoms with van der Waals surface area (Å²) in [5, 5.41) is 3.51. The minimum atomic E-state index is -0.101. The lowest BCUT2D eigenvalue weighted by Crippen LogP contribution is -2.45. The van der Waals surface area contributed by atoms with Crippen LogP contribution in [0.3, 0.4) is 0 Å². The Hall–Kier alpha value is -1.99. The maximum absolute atomic E-state index is 5.97. The number of ether oxygens (including phenoxy) is 2. The number of hydrogen-bond donors (Lipinski definition) is 1. The van der Waals surface area contributed by atoms with Gasteiger partial charge in [-0.05, 0) is 12.8 Å². The number of imidazole rings is 1. The molecule has 2 aliphatic heterocycles. The average molecular weight is 301 g/mol. The molecule has 0 saturated carbocycles. The van der Waals surface area contributed by atoms with Crippen molar-refractivity contribution in [2.75, 3.05) is 25.1 Å². The molecule has 0 aromatic carbocycles. The first-order valence-corrected chi connectivity index (χ1v) is 7.62. The van der Waals surface area contributed by atoms with E-state index in [0.717, 1.165) is 44.1 Å². The standard InChI is InChI=1S/C15H19N5O2/c1-5-22-15(2-6-21-9-15)8-12(1)19-13-7-14(18-10-17-13)20-4-3-16-11-20/h3-4,7,10-12H,1-2,5-6,8-9H2,(H,17,18,19)/t12-,15+/m1/s1. The lowest BCUT2D eigenvalue weighted by molar-refractivity contribution is -0.0829. The van der Waals surface area contributed by atoms with Crippen molar-refractivity contribution in [2.24, 2.45) is 0 Å². The third-order valence-corrected chi connectivity index (χ3v) is 4.33. The van der Waals surface area contributed by atoms with Gasteiger partial charge in [-0.15, -0.1) is 0 Å². The number of hydrogen-bond acceptors (Lipinski definition) is 6. The van der Waals surface area contributed by atoms with Gasteiger partial charge in [-0.2, -0.15) is 0 Å². The van der Waals surface area contributed by atoms with Crippen LogP contribution < -0.4 is 5.32 Å². The summed E-state index contributed by atoms with van der Waals surface area (Å²) in [5.41, 5.74) is -0.101. The maximum atomic E-state index is 5.97. The smallest absolute Gasteiger partial charge is 0.143 e. The van der Waals surface area contributed by atoms with Gasteiger partial charge >= 0.3 is 0 Å². The molecular formula is C15H19N5O2. The molecule has 2 aromatic heterocycles. The summed E-state index contributed by atoms with van der Waals surface area (Å²) in [6.07, 6.45) is 9.82. The van der Waals surface area contributed by atoms with Crippen molar-refractivity contribution in [1.82, 2.24) is 19.5 Å². The van der Waals surface area contributed by atoms with E-state index in [2.05, 4.69) is 20.3 Å². The summed E-state index contributed by atoms with van der Waals surface area (Å²) in [5.74, 6) is 1.64. The van der Waals surface area contributed by atoms with Gasteiger partial charge in [0.2, 0.25) is 0 Å². The van der Waals surface area contributed by atoms with Gasteiger partial charge in [-0.1, -0.05) is 0 Å². The molecule has 0 radical (unpaired) electrons. The van der Waals surface area contributed by atoms with Crippen LogP contribution in [0.5, 0.6) is 0 Å². The molecular weight excluding hydrogens is 282 g/mol. The Balaban J connectivity index is 1.48. The Kier molecular flexibility index (Phi) is 3.51. The van der Waals surface area contributed by atoms with E-state index < -0.39 is 0 Å². The van der Waals surface area contributed by atoms with Gasteiger partial charge in [-0.3, -0.25) is 4.57 Å². The fourth-order valence-corrected chi connectivity index (χ4v) is 3.19. The van der Waals surface area contributed by atoms with Crippen LogP contribution in [0.2, 0.25) is 0 Å². The van der Waals surface area contributed by atoms with Crippen molar-refractivity contribution >= 4 is 5.82 Å². The van der Waals surface area contributed by atoms with Crippen molar-refractivity contribution in [3.63, 3.8) is 0 Å². The summed E-state index contributed by atoms with van der Waals surface area (Å²) in [6.45, 7) is 2.26. The number of anilines is 1. The van der Waals surface area contributed by atoms with Gasteiger partial charge in [-0.25, -0.2) is 15.0 Å². The first kappa shape index (κ1) is 13.7. The highest BCUT2D eigenvalue weighted by Crippen LogP contribution is 2.33. The minimum absolute atomic E-state index is 0.101. The maximum Gasteiger partial charge on any atom is 0.143 e. The molecule has 0 bridgehead atoms. The molecule has 1 spiro atoms. The van der Waals surface area contributed by atoms with Gasteiger partial charge in [0.25, 0.3) is 0 Å². The zero-order valence-electron chi connectivity index (χ0n) is 12.3. The normalized spacial score (nSPS) is 28.1. The molecule has 4 rings (SSSR count). The van der Waals surface area contributed by atoms with Crippen LogP contribution in [0, 0.1) is 0 Å². The molecule has 116 valence electrons. The topological polar surface area (TPSA) is 74.1 Å². The van der Waals surface area contributed by atoms with Crippen molar-refractivity contribution < 1.29 is 9.47 Å². The first-order chi connectivity index (χ1) is 10.8. The highest BCUT2D eigenvalue weighted by molar-refractivity contribution is 5.41. The monoisotopic (exact) mass is 301 g/mol. The van der Waals surface area contributed by atoms with Crippen LogP contribution >= 0.6 is 0 Å². The molecule has 2 fully saturated rings. The zero-order chi connectivity index (χ0) is 14.8. The molecule has 2 aliphatic rings. The van der Waals surface area contributed by atoms with Gasteiger partial charge in [0.1, 0.15) is 24.3 Å². The van der Waals surface area contributed by atoms with Gasteiger partial charge in [0.05, 0.1) is 12.2 Å². The zero-order valence-corrected chi connectivity index (χ0v) is 12.3. The van der Waals surface area contributed by atoms with Crippen molar-refractivity contribution in [3.8, 4) is 5.82 Å². The molecule has 0 amide bonds. The van der Waals surface area contributed by atoms with Crippen LogP contribution in [0.1, 0.15) is 19.3 Å². The van der Waals surface area contributed by atoms with Gasteiger partial charge in [0.15, 0.2) is 0 Å². The Bertz CT molecular complexity index is 625. The largest absolute Gasteiger partial charge is 0.378 e. The lowest BCUT2D eigenvalue weighted by atomic mass is 9.90. The van der Waals surface area contributed by atoms with E-state index in [1.165, 1.54) is 0 Å². The summed E-state index contributed by atoms with van der Waals surface area (Å²) >= 11 is 0. The highest BCUT2D eigenvalue weighted by Gasteiger charge is 2.41. The van der Waals surface area contributed by atoms with Crippen LogP contribution in [0.25, 0.3) is 5.82 Å². The predicted molar refractivity (Wildman–Crippen MR) is 79.9 cm³/mol. The predicted octanol–water partition coefficient (Wildman–Crippen LogP) is 1.41. The fraction of sp³-hybridized carbons (Fsp3) is 0.533. The molecule has 7 heteroatoms. The molecule has 4 heterocycles. The number of nitrogens with one attached hydrogen (secondary N) is 1. The van der Waals surface area contributed by atoms with Crippen LogP contribution in [-0.2, 0) is 9.47 Å². The molecule has 2 aromatic rings. The van der Waals surface area contributed by atoms with E-state index in [1.54, 1.807) is 18.9 Å². The van der Waals surface area contributed by atoms with Crippen molar-refractivity contribution in [2.45, 2.75) is 30.9 Å². The number of rotatable bonds is 3. The number of nitrogens with zero attached hydrogens (tertiary/aromatic N) is 4. The Morgan fingerprint density at radius 3 is 3.14 bits per heavy atom.